The Morgan fingerprint density at radius 3 is 2.80 bits per heavy atom. The fourth-order valence-corrected chi connectivity index (χ4v) is 1.52. The Balaban J connectivity index is 3.09. The van der Waals surface area contributed by atoms with Gasteiger partial charge in [0.25, 0.3) is 0 Å². The first-order chi connectivity index (χ1) is 7.20. The number of amides is 1. The molecule has 0 spiro atoms. The van der Waals surface area contributed by atoms with E-state index in [0.29, 0.717) is 12.2 Å². The van der Waals surface area contributed by atoms with E-state index in [-0.39, 0.29) is 11.8 Å². The van der Waals surface area contributed by atoms with Gasteiger partial charge in [-0.2, -0.15) is 0 Å². The van der Waals surface area contributed by atoms with Crippen molar-refractivity contribution in [1.82, 2.24) is 0 Å². The highest BCUT2D eigenvalue weighted by Gasteiger charge is 2.19. The molecule has 0 saturated heterocycles. The topological polar surface area (TPSA) is 52.3 Å². The molecule has 0 unspecified atom stereocenters. The van der Waals surface area contributed by atoms with Gasteiger partial charge in [0, 0.05) is 5.56 Å². The van der Waals surface area contributed by atoms with Gasteiger partial charge in [0.05, 0.1) is 13.0 Å². The van der Waals surface area contributed by atoms with E-state index in [1.165, 1.54) is 0 Å². The third-order valence-corrected chi connectivity index (χ3v) is 2.26. The van der Waals surface area contributed by atoms with Gasteiger partial charge in [-0.15, -0.1) is 6.58 Å². The van der Waals surface area contributed by atoms with E-state index in [2.05, 4.69) is 6.58 Å². The Labute approximate surface area is 89.5 Å². The minimum Gasteiger partial charge on any atom is -0.496 e. The van der Waals surface area contributed by atoms with E-state index in [1.54, 1.807) is 13.2 Å². The third kappa shape index (κ3) is 2.59. The van der Waals surface area contributed by atoms with Gasteiger partial charge in [-0.05, 0) is 12.5 Å². The van der Waals surface area contributed by atoms with E-state index >= 15 is 0 Å². The van der Waals surface area contributed by atoms with Gasteiger partial charge in [-0.3, -0.25) is 4.79 Å². The first-order valence-corrected chi connectivity index (χ1v) is 4.73. The first kappa shape index (κ1) is 11.3. The lowest BCUT2D eigenvalue weighted by Gasteiger charge is -2.14. The molecule has 2 N–H and O–H groups in total. The molecule has 0 aromatic heterocycles. The molecule has 3 heteroatoms. The van der Waals surface area contributed by atoms with Crippen molar-refractivity contribution >= 4 is 5.91 Å². The van der Waals surface area contributed by atoms with Gasteiger partial charge in [0.1, 0.15) is 5.75 Å². The van der Waals surface area contributed by atoms with Crippen LogP contribution in [-0.2, 0) is 4.79 Å². The summed E-state index contributed by atoms with van der Waals surface area (Å²) in [5, 5.41) is 0. The van der Waals surface area contributed by atoms with Crippen LogP contribution in [0.3, 0.4) is 0 Å². The van der Waals surface area contributed by atoms with E-state index in [1.807, 2.05) is 24.3 Å². The van der Waals surface area contributed by atoms with E-state index < -0.39 is 0 Å². The van der Waals surface area contributed by atoms with Crippen molar-refractivity contribution in [3.63, 3.8) is 0 Å². The number of ether oxygens (including phenoxy) is 1. The summed E-state index contributed by atoms with van der Waals surface area (Å²) in [7, 11) is 1.57. The fourth-order valence-electron chi connectivity index (χ4n) is 1.52. The number of carbonyl (C=O) groups is 1. The predicted octanol–water partition coefficient (Wildman–Crippen LogP) is 1.84. The van der Waals surface area contributed by atoms with E-state index in [9.17, 15) is 4.79 Å². The lowest BCUT2D eigenvalue weighted by molar-refractivity contribution is -0.119. The van der Waals surface area contributed by atoms with E-state index in [4.69, 9.17) is 10.5 Å². The molecule has 1 aromatic carbocycles. The summed E-state index contributed by atoms with van der Waals surface area (Å²) in [6.07, 6.45) is 2.21. The highest BCUT2D eigenvalue weighted by molar-refractivity contribution is 5.83. The van der Waals surface area contributed by atoms with Crippen LogP contribution in [0.4, 0.5) is 0 Å². The minimum absolute atomic E-state index is 0.362. The van der Waals surface area contributed by atoms with Crippen molar-refractivity contribution < 1.29 is 9.53 Å². The average molecular weight is 205 g/mol. The van der Waals surface area contributed by atoms with Crippen molar-refractivity contribution in [2.75, 3.05) is 7.11 Å². The average Bonchev–Trinajstić information content (AvgIpc) is 2.25. The third-order valence-electron chi connectivity index (χ3n) is 2.26. The molecule has 0 heterocycles. The van der Waals surface area contributed by atoms with Crippen molar-refractivity contribution in [2.45, 2.75) is 12.3 Å². The number of rotatable bonds is 5. The van der Waals surface area contributed by atoms with Gasteiger partial charge in [0.15, 0.2) is 0 Å². The molecule has 0 saturated carbocycles. The molecule has 1 atom stereocenters. The van der Waals surface area contributed by atoms with Gasteiger partial charge in [-0.25, -0.2) is 0 Å². The monoisotopic (exact) mass is 205 g/mol. The van der Waals surface area contributed by atoms with Crippen LogP contribution in [0.5, 0.6) is 5.75 Å². The molecule has 3 nitrogen and oxygen atoms in total. The largest absolute Gasteiger partial charge is 0.496 e. The van der Waals surface area contributed by atoms with Crippen molar-refractivity contribution in [3.05, 3.63) is 42.5 Å². The van der Waals surface area contributed by atoms with Crippen molar-refractivity contribution in [3.8, 4) is 5.75 Å². The minimum atomic E-state index is -0.362. The second kappa shape index (κ2) is 5.20. The number of benzene rings is 1. The lowest BCUT2D eigenvalue weighted by Crippen LogP contribution is -2.21. The molecular formula is C12H15NO2. The van der Waals surface area contributed by atoms with Crippen LogP contribution < -0.4 is 10.5 Å². The molecule has 15 heavy (non-hydrogen) atoms. The Bertz CT molecular complexity index is 360. The first-order valence-electron chi connectivity index (χ1n) is 4.73. The number of nitrogens with two attached hydrogens (primary N) is 1. The summed E-state index contributed by atoms with van der Waals surface area (Å²) in [6.45, 7) is 3.62. The molecule has 1 amide bonds. The lowest BCUT2D eigenvalue weighted by atomic mass is 9.94. The predicted molar refractivity (Wildman–Crippen MR) is 59.7 cm³/mol. The van der Waals surface area contributed by atoms with Gasteiger partial charge < -0.3 is 10.5 Å². The smallest absolute Gasteiger partial charge is 0.225 e. The van der Waals surface area contributed by atoms with Crippen LogP contribution in [-0.4, -0.2) is 13.0 Å². The maximum atomic E-state index is 11.3. The number of methoxy groups -OCH3 is 1. The van der Waals surface area contributed by atoms with Gasteiger partial charge in [0.2, 0.25) is 5.91 Å². The zero-order chi connectivity index (χ0) is 11.3. The molecule has 0 aliphatic carbocycles. The Hall–Kier alpha value is -1.77. The number of hydrogen-bond acceptors (Lipinski definition) is 2. The van der Waals surface area contributed by atoms with E-state index in [0.717, 1.165) is 5.56 Å². The van der Waals surface area contributed by atoms with Crippen LogP contribution in [0.15, 0.2) is 36.9 Å². The quantitative estimate of drug-likeness (QED) is 0.746. The highest BCUT2D eigenvalue weighted by Crippen LogP contribution is 2.28. The fraction of sp³-hybridized carbons (Fsp3) is 0.250. The summed E-state index contributed by atoms with van der Waals surface area (Å²) >= 11 is 0. The zero-order valence-electron chi connectivity index (χ0n) is 8.77. The Morgan fingerprint density at radius 1 is 1.60 bits per heavy atom. The number of allylic oxidation sites excluding steroid dienone is 1. The maximum absolute atomic E-state index is 11.3. The second-order valence-electron chi connectivity index (χ2n) is 3.22. The summed E-state index contributed by atoms with van der Waals surface area (Å²) in [6, 6.07) is 7.37. The number of primary amides is 1. The highest BCUT2D eigenvalue weighted by atomic mass is 16.5. The zero-order valence-corrected chi connectivity index (χ0v) is 8.77. The number of hydrogen-bond donors (Lipinski definition) is 1. The normalized spacial score (nSPS) is 11.8. The maximum Gasteiger partial charge on any atom is 0.225 e. The number of para-hydroxylation sites is 1. The molecule has 1 aromatic rings. The van der Waals surface area contributed by atoms with Crippen LogP contribution in [0.2, 0.25) is 0 Å². The number of carbonyl (C=O) groups excluding carboxylic acids is 1. The molecular weight excluding hydrogens is 190 g/mol. The Kier molecular flexibility index (Phi) is 3.92. The van der Waals surface area contributed by atoms with Crippen LogP contribution in [0.1, 0.15) is 17.9 Å². The molecule has 1 rings (SSSR count). The summed E-state index contributed by atoms with van der Waals surface area (Å²) in [5.74, 6) is -0.0406. The standard InChI is InChI=1S/C12H15NO2/c1-3-6-10(12(13)14)9-7-4-5-8-11(9)15-2/h3-5,7-8,10H,1,6H2,2H3,(H2,13,14)/t10-/m1/s1. The Morgan fingerprint density at radius 2 is 2.27 bits per heavy atom. The van der Waals surface area contributed by atoms with Gasteiger partial charge in [-0.1, -0.05) is 24.3 Å². The molecule has 0 bridgehead atoms. The van der Waals surface area contributed by atoms with Crippen molar-refractivity contribution in [1.29, 1.82) is 0 Å². The molecule has 0 aliphatic rings. The second-order valence-corrected chi connectivity index (χ2v) is 3.22. The summed E-state index contributed by atoms with van der Waals surface area (Å²) < 4.78 is 5.18. The molecule has 0 fully saturated rings. The van der Waals surface area contributed by atoms with Gasteiger partial charge >= 0.3 is 0 Å². The van der Waals surface area contributed by atoms with Crippen LogP contribution in [0, 0.1) is 0 Å². The summed E-state index contributed by atoms with van der Waals surface area (Å²) in [4.78, 5) is 11.3. The summed E-state index contributed by atoms with van der Waals surface area (Å²) in [5.41, 5.74) is 6.15. The molecule has 0 radical (unpaired) electrons. The van der Waals surface area contributed by atoms with Crippen molar-refractivity contribution in [2.24, 2.45) is 5.73 Å². The van der Waals surface area contributed by atoms with Crippen LogP contribution in [0.25, 0.3) is 0 Å². The SMILES string of the molecule is C=CC[C@@H](C(N)=O)c1ccccc1OC. The molecule has 80 valence electrons. The molecule has 0 aliphatic heterocycles. The van der Waals surface area contributed by atoms with Crippen LogP contribution >= 0.6 is 0 Å².